The molecule has 1 aromatic rings. The summed E-state index contributed by atoms with van der Waals surface area (Å²) in [5.74, 6) is -1.20. The molecule has 1 amide bonds. The van der Waals surface area contributed by atoms with E-state index in [2.05, 4.69) is 17.4 Å². The lowest BCUT2D eigenvalue weighted by atomic mass is 10.0. The van der Waals surface area contributed by atoms with Crippen LogP contribution in [0.3, 0.4) is 0 Å². The van der Waals surface area contributed by atoms with Gasteiger partial charge in [0.25, 0.3) is 0 Å². The number of rotatable bonds is 3. The summed E-state index contributed by atoms with van der Waals surface area (Å²) in [7, 11) is 0. The minimum Gasteiger partial charge on any atom is -0.481 e. The Morgan fingerprint density at radius 1 is 1.05 bits per heavy atom. The van der Waals surface area contributed by atoms with Crippen molar-refractivity contribution in [3.63, 3.8) is 0 Å². The number of benzene rings is 1. The van der Waals surface area contributed by atoms with Crippen molar-refractivity contribution in [2.24, 2.45) is 11.8 Å². The van der Waals surface area contributed by atoms with Crippen LogP contribution >= 0.6 is 0 Å². The third-order valence-corrected chi connectivity index (χ3v) is 4.55. The van der Waals surface area contributed by atoms with Crippen molar-refractivity contribution < 1.29 is 14.7 Å². The summed E-state index contributed by atoms with van der Waals surface area (Å²) < 4.78 is 0. The molecule has 1 fully saturated rings. The van der Waals surface area contributed by atoms with Gasteiger partial charge in [0, 0.05) is 12.0 Å². The van der Waals surface area contributed by atoms with E-state index in [1.54, 1.807) is 0 Å². The lowest BCUT2D eigenvalue weighted by Crippen LogP contribution is -2.38. The molecule has 0 saturated heterocycles. The maximum Gasteiger partial charge on any atom is 0.306 e. The van der Waals surface area contributed by atoms with E-state index in [0.717, 1.165) is 12.8 Å². The van der Waals surface area contributed by atoms with Crippen molar-refractivity contribution in [3.05, 3.63) is 35.4 Å². The summed E-state index contributed by atoms with van der Waals surface area (Å²) in [5.41, 5.74) is 2.63. The van der Waals surface area contributed by atoms with Gasteiger partial charge in [0.1, 0.15) is 0 Å². The number of carbonyl (C=O) groups excluding carboxylic acids is 1. The Bertz CT molecular complexity index is 515. The Morgan fingerprint density at radius 2 is 1.65 bits per heavy atom. The van der Waals surface area contributed by atoms with Gasteiger partial charge in [-0.1, -0.05) is 24.3 Å². The van der Waals surface area contributed by atoms with Crippen LogP contribution in [0.1, 0.15) is 30.4 Å². The minimum atomic E-state index is -0.770. The number of hydrogen-bond donors (Lipinski definition) is 2. The molecule has 20 heavy (non-hydrogen) atoms. The average Bonchev–Trinajstić information content (AvgIpc) is 3.04. The fourth-order valence-electron chi connectivity index (χ4n) is 3.42. The Labute approximate surface area is 118 Å². The number of hydrogen-bond acceptors (Lipinski definition) is 2. The molecule has 2 N–H and O–H groups in total. The smallest absolute Gasteiger partial charge is 0.306 e. The molecule has 2 aliphatic rings. The van der Waals surface area contributed by atoms with E-state index in [0.29, 0.717) is 19.3 Å². The van der Waals surface area contributed by atoms with Gasteiger partial charge in [-0.15, -0.1) is 0 Å². The van der Waals surface area contributed by atoms with Crippen LogP contribution < -0.4 is 5.32 Å². The summed E-state index contributed by atoms with van der Waals surface area (Å²) in [6.07, 6.45) is 3.58. The van der Waals surface area contributed by atoms with Gasteiger partial charge in [-0.2, -0.15) is 0 Å². The number of aliphatic carboxylic acids is 1. The second-order valence-corrected chi connectivity index (χ2v) is 5.93. The van der Waals surface area contributed by atoms with Gasteiger partial charge >= 0.3 is 5.97 Å². The number of nitrogens with one attached hydrogen (secondary N) is 1. The summed E-state index contributed by atoms with van der Waals surface area (Å²) in [6, 6.07) is 8.44. The summed E-state index contributed by atoms with van der Waals surface area (Å²) in [5, 5.41) is 12.1. The number of fused-ring (bicyclic) bond motifs is 1. The lowest BCUT2D eigenvalue weighted by molar-refractivity contribution is -0.141. The van der Waals surface area contributed by atoms with Crippen LogP contribution in [0.25, 0.3) is 0 Å². The highest BCUT2D eigenvalue weighted by molar-refractivity contribution is 5.81. The van der Waals surface area contributed by atoms with Gasteiger partial charge < -0.3 is 10.4 Å². The molecule has 2 unspecified atom stereocenters. The molecule has 0 aromatic heterocycles. The number of carbonyl (C=O) groups is 2. The fourth-order valence-corrected chi connectivity index (χ4v) is 3.42. The van der Waals surface area contributed by atoms with Crippen LogP contribution in [0.4, 0.5) is 0 Å². The molecule has 1 aromatic carbocycles. The zero-order valence-corrected chi connectivity index (χ0v) is 11.3. The highest BCUT2D eigenvalue weighted by Gasteiger charge is 2.35. The first-order valence-corrected chi connectivity index (χ1v) is 7.23. The van der Waals surface area contributed by atoms with Crippen LogP contribution in [-0.2, 0) is 22.4 Å². The first kappa shape index (κ1) is 13.2. The van der Waals surface area contributed by atoms with E-state index >= 15 is 0 Å². The quantitative estimate of drug-likeness (QED) is 0.882. The number of carboxylic acids is 1. The van der Waals surface area contributed by atoms with E-state index in [1.807, 2.05) is 12.1 Å². The Balaban J connectivity index is 1.55. The molecule has 0 radical (unpaired) electrons. The zero-order valence-electron chi connectivity index (χ0n) is 11.3. The standard InChI is InChI=1S/C16H19NO3/c18-15(12-5-6-13(7-12)16(19)20)17-14-8-10-3-1-2-4-11(10)9-14/h1-4,12-14H,5-9H2,(H,17,18)(H,19,20). The second-order valence-electron chi connectivity index (χ2n) is 5.93. The SMILES string of the molecule is O=C(O)C1CCC(C(=O)NC2Cc3ccccc3C2)C1. The monoisotopic (exact) mass is 273 g/mol. The van der Waals surface area contributed by atoms with Crippen molar-refractivity contribution in [2.75, 3.05) is 0 Å². The highest BCUT2D eigenvalue weighted by atomic mass is 16.4. The molecule has 0 aliphatic heterocycles. The fraction of sp³-hybridized carbons (Fsp3) is 0.500. The van der Waals surface area contributed by atoms with Gasteiger partial charge in [-0.05, 0) is 43.2 Å². The predicted molar refractivity (Wildman–Crippen MR) is 74.2 cm³/mol. The molecule has 106 valence electrons. The lowest BCUT2D eigenvalue weighted by Gasteiger charge is -2.16. The van der Waals surface area contributed by atoms with Crippen LogP contribution in [-0.4, -0.2) is 23.0 Å². The van der Waals surface area contributed by atoms with Crippen molar-refractivity contribution in [1.82, 2.24) is 5.32 Å². The molecule has 2 atom stereocenters. The van der Waals surface area contributed by atoms with Crippen molar-refractivity contribution in [2.45, 2.75) is 38.1 Å². The summed E-state index contributed by atoms with van der Waals surface area (Å²) >= 11 is 0. The minimum absolute atomic E-state index is 0.0338. The maximum absolute atomic E-state index is 12.2. The topological polar surface area (TPSA) is 66.4 Å². The van der Waals surface area contributed by atoms with Crippen molar-refractivity contribution in [1.29, 1.82) is 0 Å². The maximum atomic E-state index is 12.2. The van der Waals surface area contributed by atoms with Gasteiger partial charge in [0.15, 0.2) is 0 Å². The van der Waals surface area contributed by atoms with Gasteiger partial charge in [0.2, 0.25) is 5.91 Å². The van der Waals surface area contributed by atoms with Gasteiger partial charge in [0.05, 0.1) is 5.92 Å². The molecule has 0 heterocycles. The molecule has 3 rings (SSSR count). The van der Waals surface area contributed by atoms with Crippen LogP contribution in [0, 0.1) is 11.8 Å². The molecular formula is C16H19NO3. The molecule has 0 bridgehead atoms. The first-order chi connectivity index (χ1) is 9.63. The Morgan fingerprint density at radius 3 is 2.20 bits per heavy atom. The number of carboxylic acid groups (broad SMARTS) is 1. The molecule has 2 aliphatic carbocycles. The van der Waals surface area contributed by atoms with E-state index in [1.165, 1.54) is 11.1 Å². The molecule has 0 spiro atoms. The van der Waals surface area contributed by atoms with Crippen molar-refractivity contribution in [3.8, 4) is 0 Å². The zero-order chi connectivity index (χ0) is 14.1. The Kier molecular flexibility index (Phi) is 3.47. The predicted octanol–water partition coefficient (Wildman–Crippen LogP) is 1.77. The van der Waals surface area contributed by atoms with Crippen LogP contribution in [0.2, 0.25) is 0 Å². The molecule has 1 saturated carbocycles. The third kappa shape index (κ3) is 2.55. The van der Waals surface area contributed by atoms with E-state index < -0.39 is 5.97 Å². The highest BCUT2D eigenvalue weighted by Crippen LogP contribution is 2.31. The summed E-state index contributed by atoms with van der Waals surface area (Å²) in [4.78, 5) is 23.1. The largest absolute Gasteiger partial charge is 0.481 e. The number of amides is 1. The molecule has 4 nitrogen and oxygen atoms in total. The van der Waals surface area contributed by atoms with Crippen molar-refractivity contribution >= 4 is 11.9 Å². The third-order valence-electron chi connectivity index (χ3n) is 4.55. The molecular weight excluding hydrogens is 254 g/mol. The van der Waals surface area contributed by atoms with E-state index in [9.17, 15) is 9.59 Å². The van der Waals surface area contributed by atoms with Crippen LogP contribution in [0.5, 0.6) is 0 Å². The normalized spacial score (nSPS) is 25.4. The average molecular weight is 273 g/mol. The van der Waals surface area contributed by atoms with Gasteiger partial charge in [-0.25, -0.2) is 0 Å². The Hall–Kier alpha value is -1.84. The van der Waals surface area contributed by atoms with E-state index in [-0.39, 0.29) is 23.8 Å². The first-order valence-electron chi connectivity index (χ1n) is 7.23. The summed E-state index contributed by atoms with van der Waals surface area (Å²) in [6.45, 7) is 0. The van der Waals surface area contributed by atoms with E-state index in [4.69, 9.17) is 5.11 Å². The molecule has 4 heteroatoms. The van der Waals surface area contributed by atoms with Gasteiger partial charge in [-0.3, -0.25) is 9.59 Å². The second kappa shape index (κ2) is 5.27. The van der Waals surface area contributed by atoms with Crippen LogP contribution in [0.15, 0.2) is 24.3 Å².